The fraction of sp³-hybridized carbons (Fsp3) is 0.800. The molecule has 0 aromatic carbocycles. The molecule has 92 valence electrons. The van der Waals surface area contributed by atoms with Gasteiger partial charge in [0, 0.05) is 0 Å². The molecule has 1 fully saturated rings. The molecule has 0 aromatic rings. The number of urea groups is 1. The highest BCUT2D eigenvalue weighted by atomic mass is 16.4. The second-order valence-electron chi connectivity index (χ2n) is 4.32. The molecule has 0 saturated heterocycles. The van der Waals surface area contributed by atoms with Crippen LogP contribution in [0.5, 0.6) is 0 Å². The summed E-state index contributed by atoms with van der Waals surface area (Å²) in [5.74, 6) is 0.0493. The second-order valence-corrected chi connectivity index (χ2v) is 4.32. The van der Waals surface area contributed by atoms with Gasteiger partial charge in [-0.2, -0.15) is 0 Å². The summed E-state index contributed by atoms with van der Waals surface area (Å²) in [5.41, 5.74) is 10.1. The highest BCUT2D eigenvalue weighted by Crippen LogP contribution is 2.26. The summed E-state index contributed by atoms with van der Waals surface area (Å²) in [5, 5.41) is 14.5. The van der Waals surface area contributed by atoms with Gasteiger partial charge >= 0.3 is 6.03 Å². The van der Waals surface area contributed by atoms with Crippen LogP contribution in [0.2, 0.25) is 0 Å². The average Bonchev–Trinajstić information content (AvgIpc) is 2.20. The molecule has 1 saturated carbocycles. The number of amides is 2. The van der Waals surface area contributed by atoms with Crippen LogP contribution in [0.25, 0.3) is 0 Å². The molecule has 0 spiro atoms. The molecule has 2 amide bonds. The molecule has 0 unspecified atom stereocenters. The van der Waals surface area contributed by atoms with Crippen molar-refractivity contribution in [3.05, 3.63) is 0 Å². The Morgan fingerprint density at radius 1 is 1.12 bits per heavy atom. The molecule has 1 aliphatic rings. The zero-order valence-electron chi connectivity index (χ0n) is 9.41. The monoisotopic (exact) mass is 228 g/mol. The van der Waals surface area contributed by atoms with Gasteiger partial charge in [0.25, 0.3) is 0 Å². The van der Waals surface area contributed by atoms with Crippen LogP contribution in [0.15, 0.2) is 5.16 Å². The first-order valence-electron chi connectivity index (χ1n) is 5.66. The van der Waals surface area contributed by atoms with Gasteiger partial charge in [-0.15, -0.1) is 0 Å². The van der Waals surface area contributed by atoms with E-state index < -0.39 is 11.6 Å². The Hall–Kier alpha value is -1.46. The van der Waals surface area contributed by atoms with Crippen molar-refractivity contribution in [1.82, 2.24) is 5.32 Å². The molecule has 6 nitrogen and oxygen atoms in total. The van der Waals surface area contributed by atoms with Gasteiger partial charge in [-0.05, 0) is 12.8 Å². The number of amidine groups is 1. The van der Waals surface area contributed by atoms with E-state index in [2.05, 4.69) is 10.5 Å². The number of nitrogens with zero attached hydrogens (tertiary/aromatic N) is 1. The first-order valence-corrected chi connectivity index (χ1v) is 5.66. The fourth-order valence-electron chi connectivity index (χ4n) is 2.29. The molecular formula is C10H20N4O2. The molecule has 0 bridgehead atoms. The lowest BCUT2D eigenvalue weighted by Crippen LogP contribution is -2.59. The maximum Gasteiger partial charge on any atom is 0.312 e. The van der Waals surface area contributed by atoms with Gasteiger partial charge in [0.1, 0.15) is 5.54 Å². The molecular weight excluding hydrogens is 208 g/mol. The van der Waals surface area contributed by atoms with Crippen LogP contribution in [0.1, 0.15) is 44.9 Å². The van der Waals surface area contributed by atoms with Crippen LogP contribution in [-0.4, -0.2) is 22.6 Å². The second kappa shape index (κ2) is 5.58. The van der Waals surface area contributed by atoms with Gasteiger partial charge in [-0.1, -0.05) is 37.3 Å². The number of primary amides is 1. The Kier molecular flexibility index (Phi) is 4.39. The Labute approximate surface area is 95.1 Å². The lowest BCUT2D eigenvalue weighted by atomic mass is 9.83. The highest BCUT2D eigenvalue weighted by Gasteiger charge is 2.36. The molecule has 0 radical (unpaired) electrons. The van der Waals surface area contributed by atoms with E-state index in [4.69, 9.17) is 16.7 Å². The van der Waals surface area contributed by atoms with E-state index in [1.165, 1.54) is 6.42 Å². The minimum atomic E-state index is -0.763. The zero-order chi connectivity index (χ0) is 12.0. The van der Waals surface area contributed by atoms with Crippen molar-refractivity contribution in [2.75, 3.05) is 0 Å². The molecule has 16 heavy (non-hydrogen) atoms. The van der Waals surface area contributed by atoms with E-state index in [1.807, 2.05) is 0 Å². The van der Waals surface area contributed by atoms with Crippen molar-refractivity contribution in [2.24, 2.45) is 16.6 Å². The first kappa shape index (κ1) is 12.6. The first-order chi connectivity index (χ1) is 7.60. The van der Waals surface area contributed by atoms with Crippen LogP contribution in [0.4, 0.5) is 4.79 Å². The Bertz CT molecular complexity index is 270. The van der Waals surface area contributed by atoms with Crippen molar-refractivity contribution in [2.45, 2.75) is 50.5 Å². The van der Waals surface area contributed by atoms with Gasteiger partial charge in [-0.25, -0.2) is 4.79 Å². The van der Waals surface area contributed by atoms with E-state index in [1.54, 1.807) is 0 Å². The van der Waals surface area contributed by atoms with E-state index in [9.17, 15) is 4.79 Å². The van der Waals surface area contributed by atoms with Crippen molar-refractivity contribution in [3.63, 3.8) is 0 Å². The van der Waals surface area contributed by atoms with Crippen molar-refractivity contribution < 1.29 is 10.0 Å². The topological polar surface area (TPSA) is 114 Å². The van der Waals surface area contributed by atoms with Crippen molar-refractivity contribution in [1.29, 1.82) is 0 Å². The number of hydrogen-bond acceptors (Lipinski definition) is 3. The summed E-state index contributed by atoms with van der Waals surface area (Å²) in [6.07, 6.45) is 6.62. The minimum Gasteiger partial charge on any atom is -0.409 e. The minimum absolute atomic E-state index is 0.0493. The van der Waals surface area contributed by atoms with E-state index in [0.717, 1.165) is 25.7 Å². The number of nitrogens with one attached hydrogen (secondary N) is 1. The van der Waals surface area contributed by atoms with Crippen LogP contribution < -0.4 is 16.8 Å². The Morgan fingerprint density at radius 2 is 1.62 bits per heavy atom. The molecule has 0 aromatic heterocycles. The van der Waals surface area contributed by atoms with E-state index in [-0.39, 0.29) is 5.84 Å². The summed E-state index contributed by atoms with van der Waals surface area (Å²) in [6.45, 7) is 0. The zero-order valence-corrected chi connectivity index (χ0v) is 9.41. The highest BCUT2D eigenvalue weighted by molar-refractivity contribution is 5.93. The number of hydrogen-bond donors (Lipinski definition) is 4. The van der Waals surface area contributed by atoms with E-state index in [0.29, 0.717) is 12.8 Å². The number of oxime groups is 1. The van der Waals surface area contributed by atoms with Gasteiger partial charge in [0.2, 0.25) is 0 Å². The molecule has 0 aliphatic heterocycles. The summed E-state index contributed by atoms with van der Waals surface area (Å²) in [6, 6.07) is -0.632. The standard InChI is InChI=1S/C10H20N4O2/c11-8(14-16)10(13-9(12)15)6-4-2-1-3-5-7-10/h16H,1-7H2,(H2,11,14)(H3,12,13,15). The van der Waals surface area contributed by atoms with Crippen LogP contribution in [-0.2, 0) is 0 Å². The third-order valence-corrected chi connectivity index (χ3v) is 3.17. The van der Waals surface area contributed by atoms with Crippen molar-refractivity contribution in [3.8, 4) is 0 Å². The number of rotatable bonds is 2. The van der Waals surface area contributed by atoms with Crippen molar-refractivity contribution >= 4 is 11.9 Å². The predicted octanol–water partition coefficient (Wildman–Crippen LogP) is 0.884. The van der Waals surface area contributed by atoms with E-state index >= 15 is 0 Å². The van der Waals surface area contributed by atoms with Gasteiger partial charge in [0.15, 0.2) is 5.84 Å². The lowest BCUT2D eigenvalue weighted by Gasteiger charge is -2.34. The molecule has 0 heterocycles. The Morgan fingerprint density at radius 3 is 2.06 bits per heavy atom. The van der Waals surface area contributed by atoms with Gasteiger partial charge in [0.05, 0.1) is 0 Å². The summed E-state index contributed by atoms with van der Waals surface area (Å²) < 4.78 is 0. The lowest BCUT2D eigenvalue weighted by molar-refractivity contribution is 0.233. The molecule has 0 atom stereocenters. The largest absolute Gasteiger partial charge is 0.409 e. The number of carbonyl (C=O) groups excluding carboxylic acids is 1. The predicted molar refractivity (Wildman–Crippen MR) is 61.2 cm³/mol. The SMILES string of the molecule is NC(=O)NC1(/C(N)=N/O)CCCCCCC1. The van der Waals surface area contributed by atoms with Gasteiger partial charge in [-0.3, -0.25) is 0 Å². The quantitative estimate of drug-likeness (QED) is 0.243. The molecule has 1 aliphatic carbocycles. The maximum absolute atomic E-state index is 11.0. The third-order valence-electron chi connectivity index (χ3n) is 3.17. The normalized spacial score (nSPS) is 21.9. The smallest absolute Gasteiger partial charge is 0.312 e. The average molecular weight is 228 g/mol. The van der Waals surface area contributed by atoms with Crippen LogP contribution in [0.3, 0.4) is 0 Å². The molecule has 6 N–H and O–H groups in total. The summed E-state index contributed by atoms with van der Waals surface area (Å²) in [4.78, 5) is 11.0. The van der Waals surface area contributed by atoms with Gasteiger partial charge < -0.3 is 22.0 Å². The summed E-state index contributed by atoms with van der Waals surface area (Å²) in [7, 11) is 0. The van der Waals surface area contributed by atoms with Crippen LogP contribution >= 0.6 is 0 Å². The Balaban J connectivity index is 2.85. The maximum atomic E-state index is 11.0. The van der Waals surface area contributed by atoms with Crippen LogP contribution in [0, 0.1) is 0 Å². The summed E-state index contributed by atoms with van der Waals surface area (Å²) >= 11 is 0. The molecule has 1 rings (SSSR count). The fourth-order valence-corrected chi connectivity index (χ4v) is 2.29. The third kappa shape index (κ3) is 3.01. The number of carbonyl (C=O) groups is 1. The molecule has 6 heteroatoms. The number of nitrogens with two attached hydrogens (primary N) is 2.